The van der Waals surface area contributed by atoms with Gasteiger partial charge in [-0.2, -0.15) is 0 Å². The highest BCUT2D eigenvalue weighted by molar-refractivity contribution is 5.95. The molecule has 0 unspecified atom stereocenters. The van der Waals surface area contributed by atoms with Gasteiger partial charge in [0.05, 0.1) is 0 Å². The maximum Gasteiger partial charge on any atom is 0.303 e. The van der Waals surface area contributed by atoms with Gasteiger partial charge in [0.1, 0.15) is 0 Å². The van der Waals surface area contributed by atoms with Gasteiger partial charge in [0.25, 0.3) is 5.91 Å². The predicted molar refractivity (Wildman–Crippen MR) is 113 cm³/mol. The smallest absolute Gasteiger partial charge is 0.303 e. The van der Waals surface area contributed by atoms with Crippen molar-refractivity contribution in [3.63, 3.8) is 0 Å². The van der Waals surface area contributed by atoms with Crippen LogP contribution in [0.2, 0.25) is 0 Å². The zero-order valence-electron chi connectivity index (χ0n) is 17.1. The Bertz CT molecular complexity index is 867. The molecule has 2 aromatic carbocycles. The van der Waals surface area contributed by atoms with E-state index >= 15 is 0 Å². The average molecular weight is 396 g/mol. The fraction of sp³-hybridized carbons (Fsp3) is 0.348. The minimum Gasteiger partial charge on any atom is -0.481 e. The number of carbonyl (C=O) groups is 3. The number of anilines is 1. The molecule has 0 aromatic heterocycles. The molecule has 0 fully saturated rings. The van der Waals surface area contributed by atoms with E-state index in [0.717, 1.165) is 11.1 Å². The van der Waals surface area contributed by atoms with Crippen molar-refractivity contribution >= 4 is 23.5 Å². The normalized spacial score (nSPS) is 11.0. The highest BCUT2D eigenvalue weighted by atomic mass is 16.4. The Kier molecular flexibility index (Phi) is 7.53. The first-order valence-electron chi connectivity index (χ1n) is 9.64. The second-order valence-corrected chi connectivity index (χ2v) is 7.98. The van der Waals surface area contributed by atoms with Gasteiger partial charge in [-0.1, -0.05) is 45.0 Å². The van der Waals surface area contributed by atoms with Gasteiger partial charge in [0.15, 0.2) is 0 Å². The third-order valence-corrected chi connectivity index (χ3v) is 4.49. The van der Waals surface area contributed by atoms with Gasteiger partial charge in [0.2, 0.25) is 5.91 Å². The third kappa shape index (κ3) is 7.41. The van der Waals surface area contributed by atoms with Crippen LogP contribution in [-0.2, 0) is 21.4 Å². The van der Waals surface area contributed by atoms with Gasteiger partial charge in [-0.05, 0) is 47.2 Å². The number of nitrogens with one attached hydrogen (secondary N) is 2. The van der Waals surface area contributed by atoms with Gasteiger partial charge in [0, 0.05) is 30.6 Å². The number of carbonyl (C=O) groups excluding carboxylic acids is 2. The maximum absolute atomic E-state index is 12.2. The van der Waals surface area contributed by atoms with E-state index in [9.17, 15) is 14.4 Å². The summed E-state index contributed by atoms with van der Waals surface area (Å²) in [6, 6.07) is 14.6. The lowest BCUT2D eigenvalue weighted by Gasteiger charge is -2.19. The third-order valence-electron chi connectivity index (χ3n) is 4.49. The number of aryl methyl sites for hydroxylation is 1. The molecule has 6 nitrogen and oxygen atoms in total. The molecular formula is C23H28N2O4. The Hall–Kier alpha value is -3.15. The van der Waals surface area contributed by atoms with E-state index in [1.807, 2.05) is 18.2 Å². The van der Waals surface area contributed by atoms with Crippen LogP contribution in [-0.4, -0.2) is 29.4 Å². The fourth-order valence-electron chi connectivity index (χ4n) is 2.79. The Morgan fingerprint density at radius 3 is 2.28 bits per heavy atom. The van der Waals surface area contributed by atoms with Crippen molar-refractivity contribution in [3.8, 4) is 0 Å². The molecule has 154 valence electrons. The summed E-state index contributed by atoms with van der Waals surface area (Å²) in [6.07, 6.45) is 0.592. The Labute approximate surface area is 171 Å². The first-order chi connectivity index (χ1) is 13.6. The SMILES string of the molecule is CC(C)(C)c1ccc(C(=O)NCCC(=O)Nc2cccc(CCC(=O)O)c2)cc1. The number of aliphatic carboxylic acids is 1. The summed E-state index contributed by atoms with van der Waals surface area (Å²) in [4.78, 5) is 35.0. The molecule has 0 aliphatic carbocycles. The number of amides is 2. The second kappa shape index (κ2) is 9.87. The summed E-state index contributed by atoms with van der Waals surface area (Å²) in [5, 5.41) is 14.3. The van der Waals surface area contributed by atoms with Crippen molar-refractivity contribution < 1.29 is 19.5 Å². The molecule has 6 heteroatoms. The monoisotopic (exact) mass is 396 g/mol. The molecule has 29 heavy (non-hydrogen) atoms. The number of carboxylic acid groups (broad SMARTS) is 1. The Balaban J connectivity index is 1.80. The molecule has 0 aliphatic heterocycles. The number of rotatable bonds is 8. The van der Waals surface area contributed by atoms with Crippen molar-refractivity contribution in [2.75, 3.05) is 11.9 Å². The standard InChI is InChI=1S/C23H28N2O4/c1-23(2,3)18-10-8-17(9-11-18)22(29)24-14-13-20(26)25-19-6-4-5-16(15-19)7-12-21(27)28/h4-6,8-11,15H,7,12-14H2,1-3H3,(H,24,29)(H,25,26)(H,27,28). The average Bonchev–Trinajstić information content (AvgIpc) is 2.66. The summed E-state index contributed by atoms with van der Waals surface area (Å²) in [7, 11) is 0. The molecule has 0 aliphatic rings. The van der Waals surface area contributed by atoms with E-state index in [1.165, 1.54) is 0 Å². The summed E-state index contributed by atoms with van der Waals surface area (Å²) in [6.45, 7) is 6.57. The van der Waals surface area contributed by atoms with E-state index in [0.29, 0.717) is 17.7 Å². The van der Waals surface area contributed by atoms with Crippen LogP contribution < -0.4 is 10.6 Å². The van der Waals surface area contributed by atoms with Gasteiger partial charge in [-0.25, -0.2) is 0 Å². The first kappa shape index (κ1) is 22.1. The molecular weight excluding hydrogens is 368 g/mol. The molecule has 2 aromatic rings. The van der Waals surface area contributed by atoms with Crippen molar-refractivity contribution in [1.82, 2.24) is 5.32 Å². The maximum atomic E-state index is 12.2. The summed E-state index contributed by atoms with van der Waals surface area (Å²) in [5.41, 5.74) is 3.20. The van der Waals surface area contributed by atoms with E-state index in [1.54, 1.807) is 30.3 Å². The van der Waals surface area contributed by atoms with Crippen molar-refractivity contribution in [1.29, 1.82) is 0 Å². The van der Waals surface area contributed by atoms with Crippen LogP contribution in [0.4, 0.5) is 5.69 Å². The van der Waals surface area contributed by atoms with Crippen LogP contribution in [0.5, 0.6) is 0 Å². The second-order valence-electron chi connectivity index (χ2n) is 7.98. The van der Waals surface area contributed by atoms with Crippen LogP contribution in [0.15, 0.2) is 48.5 Å². The molecule has 2 rings (SSSR count). The molecule has 0 saturated heterocycles. The molecule has 0 heterocycles. The molecule has 0 saturated carbocycles. The zero-order valence-corrected chi connectivity index (χ0v) is 17.1. The minimum atomic E-state index is -0.858. The lowest BCUT2D eigenvalue weighted by molar-refractivity contribution is -0.137. The molecule has 0 atom stereocenters. The summed E-state index contributed by atoms with van der Waals surface area (Å²) < 4.78 is 0. The minimum absolute atomic E-state index is 0.0258. The van der Waals surface area contributed by atoms with Crippen molar-refractivity contribution in [2.24, 2.45) is 0 Å². The number of carboxylic acids is 1. The highest BCUT2D eigenvalue weighted by Gasteiger charge is 2.14. The molecule has 0 radical (unpaired) electrons. The van der Waals surface area contributed by atoms with E-state index < -0.39 is 5.97 Å². The number of hydrogen-bond acceptors (Lipinski definition) is 3. The highest BCUT2D eigenvalue weighted by Crippen LogP contribution is 2.22. The van der Waals surface area contributed by atoms with Gasteiger partial charge in [-0.3, -0.25) is 14.4 Å². The van der Waals surface area contributed by atoms with E-state index in [-0.39, 0.29) is 36.6 Å². The summed E-state index contributed by atoms with van der Waals surface area (Å²) >= 11 is 0. The molecule has 3 N–H and O–H groups in total. The zero-order chi connectivity index (χ0) is 21.4. The van der Waals surface area contributed by atoms with E-state index in [4.69, 9.17) is 5.11 Å². The van der Waals surface area contributed by atoms with Crippen molar-refractivity contribution in [2.45, 2.75) is 45.4 Å². The van der Waals surface area contributed by atoms with E-state index in [2.05, 4.69) is 31.4 Å². The lowest BCUT2D eigenvalue weighted by atomic mass is 9.87. The Morgan fingerprint density at radius 1 is 0.966 bits per heavy atom. The number of hydrogen-bond donors (Lipinski definition) is 3. The van der Waals surface area contributed by atoms with Gasteiger partial charge in [-0.15, -0.1) is 0 Å². The lowest BCUT2D eigenvalue weighted by Crippen LogP contribution is -2.27. The van der Waals surface area contributed by atoms with Gasteiger partial charge >= 0.3 is 5.97 Å². The van der Waals surface area contributed by atoms with Crippen molar-refractivity contribution in [3.05, 3.63) is 65.2 Å². The predicted octanol–water partition coefficient (Wildman–Crippen LogP) is 3.76. The van der Waals surface area contributed by atoms with Crippen LogP contribution in [0.25, 0.3) is 0 Å². The summed E-state index contributed by atoms with van der Waals surface area (Å²) in [5.74, 6) is -1.29. The first-order valence-corrected chi connectivity index (χ1v) is 9.64. The van der Waals surface area contributed by atoms with Gasteiger partial charge < -0.3 is 15.7 Å². The van der Waals surface area contributed by atoms with Crippen LogP contribution in [0.1, 0.15) is 55.1 Å². The Morgan fingerprint density at radius 2 is 1.66 bits per heavy atom. The largest absolute Gasteiger partial charge is 0.481 e. The fourth-order valence-corrected chi connectivity index (χ4v) is 2.79. The molecule has 0 bridgehead atoms. The van der Waals surface area contributed by atoms with Crippen LogP contribution in [0, 0.1) is 0 Å². The molecule has 2 amide bonds. The van der Waals surface area contributed by atoms with Crippen LogP contribution >= 0.6 is 0 Å². The van der Waals surface area contributed by atoms with Crippen LogP contribution in [0.3, 0.4) is 0 Å². The quantitative estimate of drug-likeness (QED) is 0.633. The topological polar surface area (TPSA) is 95.5 Å². The number of benzene rings is 2. The molecule has 0 spiro atoms.